The van der Waals surface area contributed by atoms with E-state index in [1.807, 2.05) is 31.2 Å². The number of hydrogen-bond acceptors (Lipinski definition) is 3. The highest BCUT2D eigenvalue weighted by Gasteiger charge is 2.26. The molecule has 0 heterocycles. The fourth-order valence-electron chi connectivity index (χ4n) is 2.57. The lowest BCUT2D eigenvalue weighted by Crippen LogP contribution is -2.29. The first kappa shape index (κ1) is 15.5. The van der Waals surface area contributed by atoms with Crippen molar-refractivity contribution >= 4 is 17.6 Å². The fraction of sp³-hybridized carbons (Fsp3) is 0.500. The number of aliphatic carboxylic acids is 1. The molecule has 0 spiro atoms. The summed E-state index contributed by atoms with van der Waals surface area (Å²) in [5.74, 6) is -1.17. The second-order valence-corrected chi connectivity index (χ2v) is 5.49. The van der Waals surface area contributed by atoms with E-state index >= 15 is 0 Å². The summed E-state index contributed by atoms with van der Waals surface area (Å²) >= 11 is 0. The molecule has 2 rings (SSSR count). The Balaban J connectivity index is 1.73. The van der Waals surface area contributed by atoms with Crippen molar-refractivity contribution in [2.45, 2.75) is 38.7 Å². The maximum absolute atomic E-state index is 11.8. The first-order valence-electron chi connectivity index (χ1n) is 7.26. The fourth-order valence-corrected chi connectivity index (χ4v) is 2.57. The van der Waals surface area contributed by atoms with Crippen molar-refractivity contribution in [1.82, 2.24) is 0 Å². The summed E-state index contributed by atoms with van der Waals surface area (Å²) in [5.41, 5.74) is 1.80. The predicted molar refractivity (Wildman–Crippen MR) is 79.1 cm³/mol. The van der Waals surface area contributed by atoms with Gasteiger partial charge in [-0.1, -0.05) is 18.2 Å². The highest BCUT2D eigenvalue weighted by atomic mass is 16.5. The van der Waals surface area contributed by atoms with Crippen LogP contribution in [-0.4, -0.2) is 29.7 Å². The normalized spacial score (nSPS) is 21.8. The Hall–Kier alpha value is -1.88. The van der Waals surface area contributed by atoms with Crippen LogP contribution in [0, 0.1) is 12.8 Å². The van der Waals surface area contributed by atoms with Gasteiger partial charge in [-0.05, 0) is 44.2 Å². The largest absolute Gasteiger partial charge is 0.481 e. The summed E-state index contributed by atoms with van der Waals surface area (Å²) in [7, 11) is 0. The Labute approximate surface area is 124 Å². The first-order chi connectivity index (χ1) is 10.1. The number of hydrogen-bond donors (Lipinski definition) is 2. The average Bonchev–Trinajstić information content (AvgIpc) is 2.48. The number of amides is 1. The lowest BCUT2D eigenvalue weighted by Gasteiger charge is -2.25. The molecule has 1 aliphatic carbocycles. The van der Waals surface area contributed by atoms with Crippen LogP contribution < -0.4 is 5.32 Å². The van der Waals surface area contributed by atoms with Crippen LogP contribution in [-0.2, 0) is 14.3 Å². The minimum atomic E-state index is -0.731. The third-order valence-corrected chi connectivity index (χ3v) is 3.89. The molecule has 1 aromatic rings. The number of carboxylic acids is 1. The molecule has 0 aromatic heterocycles. The van der Waals surface area contributed by atoms with Crippen molar-refractivity contribution in [3.05, 3.63) is 29.8 Å². The van der Waals surface area contributed by atoms with Crippen LogP contribution in [0.25, 0.3) is 0 Å². The Bertz CT molecular complexity index is 507. The quantitative estimate of drug-likeness (QED) is 0.874. The van der Waals surface area contributed by atoms with Gasteiger partial charge >= 0.3 is 5.97 Å². The van der Waals surface area contributed by atoms with E-state index in [9.17, 15) is 9.59 Å². The number of carbonyl (C=O) groups is 2. The zero-order valence-corrected chi connectivity index (χ0v) is 12.2. The predicted octanol–water partition coefficient (Wildman–Crippen LogP) is 2.59. The summed E-state index contributed by atoms with van der Waals surface area (Å²) in [6, 6.07) is 7.58. The Kier molecular flexibility index (Phi) is 5.33. The van der Waals surface area contributed by atoms with Crippen LogP contribution in [0.15, 0.2) is 24.3 Å². The van der Waals surface area contributed by atoms with E-state index in [1.54, 1.807) is 0 Å². The number of nitrogens with one attached hydrogen (secondary N) is 1. The molecule has 2 N–H and O–H groups in total. The van der Waals surface area contributed by atoms with Gasteiger partial charge in [0, 0.05) is 5.69 Å². The number of carbonyl (C=O) groups excluding carboxylic acids is 1. The molecule has 0 bridgehead atoms. The van der Waals surface area contributed by atoms with Crippen LogP contribution in [0.1, 0.15) is 31.2 Å². The van der Waals surface area contributed by atoms with E-state index in [0.717, 1.165) is 11.3 Å². The molecule has 0 atom stereocenters. The van der Waals surface area contributed by atoms with Crippen LogP contribution in [0.4, 0.5) is 5.69 Å². The summed E-state index contributed by atoms with van der Waals surface area (Å²) in [5, 5.41) is 11.7. The maximum atomic E-state index is 11.8. The van der Waals surface area contributed by atoms with Crippen molar-refractivity contribution in [1.29, 1.82) is 0 Å². The minimum absolute atomic E-state index is 0.0107. The number of para-hydroxylation sites is 1. The average molecular weight is 291 g/mol. The van der Waals surface area contributed by atoms with Crippen LogP contribution in [0.2, 0.25) is 0 Å². The molecule has 21 heavy (non-hydrogen) atoms. The van der Waals surface area contributed by atoms with Crippen LogP contribution in [0.5, 0.6) is 0 Å². The minimum Gasteiger partial charge on any atom is -0.481 e. The molecule has 1 fully saturated rings. The van der Waals surface area contributed by atoms with E-state index < -0.39 is 5.97 Å². The van der Waals surface area contributed by atoms with Crippen molar-refractivity contribution in [2.24, 2.45) is 5.92 Å². The van der Waals surface area contributed by atoms with E-state index in [4.69, 9.17) is 9.84 Å². The summed E-state index contributed by atoms with van der Waals surface area (Å²) < 4.78 is 5.58. The molecule has 1 saturated carbocycles. The number of ether oxygens (including phenoxy) is 1. The van der Waals surface area contributed by atoms with Crippen molar-refractivity contribution in [3.8, 4) is 0 Å². The molecule has 5 heteroatoms. The molecule has 0 aliphatic heterocycles. The monoisotopic (exact) mass is 291 g/mol. The molecule has 0 unspecified atom stereocenters. The molecule has 114 valence electrons. The Morgan fingerprint density at radius 2 is 1.90 bits per heavy atom. The number of benzene rings is 1. The number of rotatable bonds is 5. The lowest BCUT2D eigenvalue weighted by molar-refractivity contribution is -0.144. The van der Waals surface area contributed by atoms with E-state index in [2.05, 4.69) is 5.32 Å². The summed E-state index contributed by atoms with van der Waals surface area (Å²) in [4.78, 5) is 22.7. The number of aryl methyl sites for hydroxylation is 1. The van der Waals surface area contributed by atoms with Crippen LogP contribution >= 0.6 is 0 Å². The lowest BCUT2D eigenvalue weighted by atomic mass is 9.87. The van der Waals surface area contributed by atoms with Gasteiger partial charge in [0.2, 0.25) is 5.91 Å². The molecule has 0 saturated heterocycles. The third kappa shape index (κ3) is 4.56. The third-order valence-electron chi connectivity index (χ3n) is 3.89. The van der Waals surface area contributed by atoms with Gasteiger partial charge < -0.3 is 15.2 Å². The zero-order chi connectivity index (χ0) is 15.2. The smallest absolute Gasteiger partial charge is 0.306 e. The van der Waals surface area contributed by atoms with E-state index in [0.29, 0.717) is 25.7 Å². The maximum Gasteiger partial charge on any atom is 0.306 e. The standard InChI is InChI=1S/C16H21NO4/c1-11-4-2-3-5-14(11)17-15(18)10-21-13-8-6-12(7-9-13)16(19)20/h2-5,12-13H,6-10H2,1H3,(H,17,18)(H,19,20). The molecule has 0 radical (unpaired) electrons. The highest BCUT2D eigenvalue weighted by Crippen LogP contribution is 2.26. The van der Waals surface area contributed by atoms with Gasteiger partial charge in [-0.25, -0.2) is 0 Å². The Morgan fingerprint density at radius 3 is 2.52 bits per heavy atom. The second kappa shape index (κ2) is 7.22. The van der Waals surface area contributed by atoms with Gasteiger partial charge in [0.25, 0.3) is 0 Å². The number of anilines is 1. The highest BCUT2D eigenvalue weighted by molar-refractivity contribution is 5.92. The van der Waals surface area contributed by atoms with Gasteiger partial charge in [-0.2, -0.15) is 0 Å². The summed E-state index contributed by atoms with van der Waals surface area (Å²) in [6.45, 7) is 1.94. The first-order valence-corrected chi connectivity index (χ1v) is 7.26. The van der Waals surface area contributed by atoms with E-state index in [1.165, 1.54) is 0 Å². The van der Waals surface area contributed by atoms with Crippen molar-refractivity contribution in [3.63, 3.8) is 0 Å². The molecular formula is C16H21NO4. The van der Waals surface area contributed by atoms with Gasteiger partial charge in [-0.3, -0.25) is 9.59 Å². The number of carboxylic acid groups (broad SMARTS) is 1. The summed E-state index contributed by atoms with van der Waals surface area (Å²) in [6.07, 6.45) is 2.64. The molecule has 5 nitrogen and oxygen atoms in total. The van der Waals surface area contributed by atoms with Crippen LogP contribution in [0.3, 0.4) is 0 Å². The van der Waals surface area contributed by atoms with Crippen molar-refractivity contribution in [2.75, 3.05) is 11.9 Å². The van der Waals surface area contributed by atoms with Gasteiger partial charge in [0.05, 0.1) is 12.0 Å². The second-order valence-electron chi connectivity index (χ2n) is 5.49. The molecule has 1 aromatic carbocycles. The van der Waals surface area contributed by atoms with Gasteiger partial charge in [0.1, 0.15) is 6.61 Å². The topological polar surface area (TPSA) is 75.6 Å². The van der Waals surface area contributed by atoms with E-state index in [-0.39, 0.29) is 24.5 Å². The van der Waals surface area contributed by atoms with Gasteiger partial charge in [-0.15, -0.1) is 0 Å². The molecule has 1 aliphatic rings. The molecule has 1 amide bonds. The molecular weight excluding hydrogens is 270 g/mol. The van der Waals surface area contributed by atoms with Gasteiger partial charge in [0.15, 0.2) is 0 Å². The zero-order valence-electron chi connectivity index (χ0n) is 12.2. The Morgan fingerprint density at radius 1 is 1.24 bits per heavy atom. The SMILES string of the molecule is Cc1ccccc1NC(=O)COC1CCC(C(=O)O)CC1. The van der Waals surface area contributed by atoms with Crippen molar-refractivity contribution < 1.29 is 19.4 Å².